The lowest BCUT2D eigenvalue weighted by Gasteiger charge is -2.05. The van der Waals surface area contributed by atoms with E-state index in [2.05, 4.69) is 26.2 Å². The fourth-order valence-corrected chi connectivity index (χ4v) is 2.89. The SMILES string of the molecule is CC(=O)Nc1ccc(/C=C/C(=O)Nc2ccc(-c3nnnn3C3CC3)cc2)cc1. The maximum absolute atomic E-state index is 12.2. The molecule has 2 N–H and O–H groups in total. The highest BCUT2D eigenvalue weighted by Gasteiger charge is 2.28. The van der Waals surface area contributed by atoms with Gasteiger partial charge in [0.25, 0.3) is 0 Å². The quantitative estimate of drug-likeness (QED) is 0.631. The van der Waals surface area contributed by atoms with E-state index in [1.165, 1.54) is 13.0 Å². The molecule has 2 aromatic carbocycles. The Bertz CT molecular complexity index is 1050. The van der Waals surface area contributed by atoms with Gasteiger partial charge in [0.2, 0.25) is 11.8 Å². The predicted octanol–water partition coefficient (Wildman–Crippen LogP) is 3.29. The fraction of sp³-hybridized carbons (Fsp3) is 0.190. The zero-order chi connectivity index (χ0) is 20.2. The molecule has 2 amide bonds. The molecule has 3 aromatic rings. The van der Waals surface area contributed by atoms with Gasteiger partial charge >= 0.3 is 0 Å². The van der Waals surface area contributed by atoms with Crippen LogP contribution in [-0.4, -0.2) is 32.0 Å². The number of benzene rings is 2. The Balaban J connectivity index is 1.36. The molecule has 0 saturated heterocycles. The van der Waals surface area contributed by atoms with Gasteiger partial charge in [0.15, 0.2) is 5.82 Å². The minimum absolute atomic E-state index is 0.122. The van der Waals surface area contributed by atoms with Crippen LogP contribution in [0.2, 0.25) is 0 Å². The van der Waals surface area contributed by atoms with Crippen molar-refractivity contribution in [2.75, 3.05) is 10.6 Å². The normalized spacial score (nSPS) is 13.4. The van der Waals surface area contributed by atoms with E-state index in [4.69, 9.17) is 0 Å². The maximum Gasteiger partial charge on any atom is 0.248 e. The summed E-state index contributed by atoms with van der Waals surface area (Å²) in [7, 11) is 0. The molecular weight excluding hydrogens is 368 g/mol. The van der Waals surface area contributed by atoms with Gasteiger partial charge in [-0.1, -0.05) is 12.1 Å². The van der Waals surface area contributed by atoms with E-state index >= 15 is 0 Å². The summed E-state index contributed by atoms with van der Waals surface area (Å²) in [6.45, 7) is 1.46. The summed E-state index contributed by atoms with van der Waals surface area (Å²) in [5.74, 6) is 0.391. The molecule has 29 heavy (non-hydrogen) atoms. The Morgan fingerprint density at radius 1 is 1.00 bits per heavy atom. The standard InChI is InChI=1S/C21H20N6O2/c1-14(28)22-17-7-2-15(3-8-17)4-13-20(29)23-18-9-5-16(6-10-18)21-24-25-26-27(21)19-11-12-19/h2-10,13,19H,11-12H2,1H3,(H,22,28)(H,23,29)/b13-4+. The van der Waals surface area contributed by atoms with Gasteiger partial charge in [-0.25, -0.2) is 4.68 Å². The van der Waals surface area contributed by atoms with E-state index in [1.807, 2.05) is 41.1 Å². The summed E-state index contributed by atoms with van der Waals surface area (Å²) in [5.41, 5.74) is 3.17. The van der Waals surface area contributed by atoms with Gasteiger partial charge in [0.1, 0.15) is 0 Å². The number of carbonyl (C=O) groups excluding carboxylic acids is 2. The van der Waals surface area contributed by atoms with Crippen molar-refractivity contribution < 1.29 is 9.59 Å². The number of hydrogen-bond acceptors (Lipinski definition) is 5. The van der Waals surface area contributed by atoms with Crippen LogP contribution < -0.4 is 10.6 Å². The topological polar surface area (TPSA) is 102 Å². The summed E-state index contributed by atoms with van der Waals surface area (Å²) in [5, 5.41) is 17.5. The van der Waals surface area contributed by atoms with E-state index in [9.17, 15) is 9.59 Å². The van der Waals surface area contributed by atoms with E-state index in [1.54, 1.807) is 18.2 Å². The average molecular weight is 388 g/mol. The molecule has 1 aromatic heterocycles. The molecule has 1 aliphatic carbocycles. The van der Waals surface area contributed by atoms with Crippen molar-refractivity contribution in [2.45, 2.75) is 25.8 Å². The lowest BCUT2D eigenvalue weighted by atomic mass is 10.2. The Labute approximate surface area is 167 Å². The van der Waals surface area contributed by atoms with Gasteiger partial charge in [-0.05, 0) is 71.3 Å². The Morgan fingerprint density at radius 2 is 1.66 bits per heavy atom. The molecule has 0 aliphatic heterocycles. The third-order valence-electron chi connectivity index (χ3n) is 4.45. The minimum Gasteiger partial charge on any atom is -0.326 e. The predicted molar refractivity (Wildman–Crippen MR) is 110 cm³/mol. The minimum atomic E-state index is -0.230. The Kier molecular flexibility index (Phi) is 5.15. The zero-order valence-electron chi connectivity index (χ0n) is 15.9. The highest BCUT2D eigenvalue weighted by Crippen LogP contribution is 2.36. The highest BCUT2D eigenvalue weighted by atomic mass is 16.2. The molecule has 1 saturated carbocycles. The second kappa shape index (κ2) is 8.05. The van der Waals surface area contributed by atoms with Crippen molar-refractivity contribution in [3.05, 3.63) is 60.2 Å². The summed E-state index contributed by atoms with van der Waals surface area (Å²) < 4.78 is 1.85. The number of anilines is 2. The van der Waals surface area contributed by atoms with Gasteiger partial charge in [-0.15, -0.1) is 5.10 Å². The molecule has 1 fully saturated rings. The first-order chi connectivity index (χ1) is 14.1. The van der Waals surface area contributed by atoms with Crippen molar-refractivity contribution in [1.29, 1.82) is 0 Å². The number of aromatic nitrogens is 4. The van der Waals surface area contributed by atoms with Crippen LogP contribution >= 0.6 is 0 Å². The third kappa shape index (κ3) is 4.73. The smallest absolute Gasteiger partial charge is 0.248 e. The molecule has 0 atom stereocenters. The number of carbonyl (C=O) groups is 2. The first-order valence-electron chi connectivity index (χ1n) is 9.33. The highest BCUT2D eigenvalue weighted by molar-refractivity contribution is 6.02. The average Bonchev–Trinajstić information content (AvgIpc) is 3.44. The number of nitrogens with zero attached hydrogens (tertiary/aromatic N) is 4. The summed E-state index contributed by atoms with van der Waals surface area (Å²) in [6, 6.07) is 15.1. The molecule has 1 heterocycles. The molecule has 8 nitrogen and oxygen atoms in total. The summed E-state index contributed by atoms with van der Waals surface area (Å²) >= 11 is 0. The van der Waals surface area contributed by atoms with E-state index in [-0.39, 0.29) is 11.8 Å². The van der Waals surface area contributed by atoms with Crippen molar-refractivity contribution in [2.24, 2.45) is 0 Å². The number of rotatable bonds is 6. The van der Waals surface area contributed by atoms with Crippen LogP contribution in [0.1, 0.15) is 31.4 Å². The van der Waals surface area contributed by atoms with Crippen LogP contribution in [0.3, 0.4) is 0 Å². The van der Waals surface area contributed by atoms with Gasteiger partial charge in [0.05, 0.1) is 6.04 Å². The Hall–Kier alpha value is -3.81. The van der Waals surface area contributed by atoms with Gasteiger partial charge in [-0.3, -0.25) is 9.59 Å². The van der Waals surface area contributed by atoms with Crippen LogP contribution in [0.4, 0.5) is 11.4 Å². The fourth-order valence-electron chi connectivity index (χ4n) is 2.89. The monoisotopic (exact) mass is 388 g/mol. The second-order valence-electron chi connectivity index (χ2n) is 6.88. The number of amides is 2. The van der Waals surface area contributed by atoms with Crippen molar-refractivity contribution in [1.82, 2.24) is 20.2 Å². The second-order valence-corrected chi connectivity index (χ2v) is 6.88. The van der Waals surface area contributed by atoms with Crippen molar-refractivity contribution >= 4 is 29.3 Å². The molecular formula is C21H20N6O2. The first-order valence-corrected chi connectivity index (χ1v) is 9.33. The summed E-state index contributed by atoms with van der Waals surface area (Å²) in [4.78, 5) is 23.2. The zero-order valence-corrected chi connectivity index (χ0v) is 15.9. The van der Waals surface area contributed by atoms with Crippen LogP contribution in [0.25, 0.3) is 17.5 Å². The van der Waals surface area contributed by atoms with Crippen LogP contribution in [0.5, 0.6) is 0 Å². The van der Waals surface area contributed by atoms with Crippen molar-refractivity contribution in [3.8, 4) is 11.4 Å². The Morgan fingerprint density at radius 3 is 2.31 bits per heavy atom. The first kappa shape index (κ1) is 18.5. The molecule has 0 radical (unpaired) electrons. The molecule has 0 bridgehead atoms. The van der Waals surface area contributed by atoms with E-state index in [0.717, 1.165) is 29.8 Å². The van der Waals surface area contributed by atoms with Crippen LogP contribution in [0.15, 0.2) is 54.6 Å². The molecule has 0 spiro atoms. The third-order valence-corrected chi connectivity index (χ3v) is 4.45. The molecule has 4 rings (SSSR count). The van der Waals surface area contributed by atoms with E-state index < -0.39 is 0 Å². The largest absolute Gasteiger partial charge is 0.326 e. The lowest BCUT2D eigenvalue weighted by Crippen LogP contribution is -2.07. The van der Waals surface area contributed by atoms with Crippen LogP contribution in [0, 0.1) is 0 Å². The molecule has 0 unspecified atom stereocenters. The molecule has 146 valence electrons. The van der Waals surface area contributed by atoms with Gasteiger partial charge in [0, 0.05) is 29.9 Å². The maximum atomic E-state index is 12.2. The van der Waals surface area contributed by atoms with Crippen LogP contribution in [-0.2, 0) is 9.59 Å². The van der Waals surface area contributed by atoms with Gasteiger partial charge < -0.3 is 10.6 Å². The molecule has 1 aliphatic rings. The van der Waals surface area contributed by atoms with Crippen molar-refractivity contribution in [3.63, 3.8) is 0 Å². The van der Waals surface area contributed by atoms with Gasteiger partial charge in [-0.2, -0.15) is 0 Å². The lowest BCUT2D eigenvalue weighted by molar-refractivity contribution is -0.114. The number of hydrogen-bond donors (Lipinski definition) is 2. The van der Waals surface area contributed by atoms with E-state index in [0.29, 0.717) is 17.4 Å². The molecule has 8 heteroatoms. The number of nitrogens with one attached hydrogen (secondary N) is 2. The summed E-state index contributed by atoms with van der Waals surface area (Å²) in [6.07, 6.45) is 5.39. The number of tetrazole rings is 1.